The van der Waals surface area contributed by atoms with E-state index in [0.29, 0.717) is 46.8 Å². The van der Waals surface area contributed by atoms with Crippen LogP contribution in [0.4, 0.5) is 0 Å². The van der Waals surface area contributed by atoms with E-state index < -0.39 is 0 Å². The molecule has 5 rings (SSSR count). The van der Waals surface area contributed by atoms with Gasteiger partial charge in [-0.25, -0.2) is 4.98 Å². The fourth-order valence-corrected chi connectivity index (χ4v) is 4.11. The van der Waals surface area contributed by atoms with Crippen LogP contribution in [0, 0.1) is 0 Å². The van der Waals surface area contributed by atoms with Crippen LogP contribution in [-0.4, -0.2) is 64.4 Å². The summed E-state index contributed by atoms with van der Waals surface area (Å²) in [5.74, 6) is 0.321. The van der Waals surface area contributed by atoms with Gasteiger partial charge in [0, 0.05) is 31.7 Å². The van der Waals surface area contributed by atoms with Crippen molar-refractivity contribution in [2.75, 3.05) is 33.3 Å². The van der Waals surface area contributed by atoms with Gasteiger partial charge in [-0.05, 0) is 35.9 Å². The number of fused-ring (bicyclic) bond motifs is 1. The van der Waals surface area contributed by atoms with Crippen molar-refractivity contribution in [3.8, 4) is 22.8 Å². The fourth-order valence-electron chi connectivity index (χ4n) is 4.11. The van der Waals surface area contributed by atoms with Crippen LogP contribution >= 0.6 is 0 Å². The molecule has 3 N–H and O–H groups in total. The fraction of sp³-hybridized carbons (Fsp3) is 0.192. The first-order chi connectivity index (χ1) is 16.6. The summed E-state index contributed by atoms with van der Waals surface area (Å²) in [7, 11) is 1.50. The molecule has 1 amide bonds. The third-order valence-corrected chi connectivity index (χ3v) is 5.90. The van der Waals surface area contributed by atoms with Crippen molar-refractivity contribution in [3.63, 3.8) is 0 Å². The predicted octanol–water partition coefficient (Wildman–Crippen LogP) is 3.55. The van der Waals surface area contributed by atoms with Crippen LogP contribution in [0.5, 0.6) is 11.5 Å². The normalized spacial score (nSPS) is 14.1. The molecule has 0 atom stereocenters. The Balaban J connectivity index is 1.64. The smallest absolute Gasteiger partial charge is 0.254 e. The van der Waals surface area contributed by atoms with E-state index in [4.69, 9.17) is 9.72 Å². The number of H-pyrrole nitrogens is 1. The summed E-state index contributed by atoms with van der Waals surface area (Å²) in [4.78, 5) is 20.2. The number of aromatic hydroxyl groups is 1. The molecule has 1 fully saturated rings. The van der Waals surface area contributed by atoms with Crippen LogP contribution in [0.3, 0.4) is 0 Å². The monoisotopic (exact) mass is 455 g/mol. The quantitative estimate of drug-likeness (QED) is 0.425. The van der Waals surface area contributed by atoms with Crippen molar-refractivity contribution in [2.24, 2.45) is 0 Å². The van der Waals surface area contributed by atoms with Gasteiger partial charge in [0.2, 0.25) is 0 Å². The van der Waals surface area contributed by atoms with Crippen LogP contribution in [0.25, 0.3) is 34.4 Å². The summed E-state index contributed by atoms with van der Waals surface area (Å²) in [5.41, 5.74) is 4.06. The number of benzene rings is 2. The van der Waals surface area contributed by atoms with E-state index >= 15 is 0 Å². The first-order valence-corrected chi connectivity index (χ1v) is 11.1. The molecule has 0 saturated carbocycles. The SMILES string of the molecule is COc1cc(-c2cc(C(=O)N3CCNCC3)c3c(/C=C/c4ccccc4)n[nH]c3n2)ccc1O. The van der Waals surface area contributed by atoms with E-state index in [1.807, 2.05) is 47.4 Å². The Kier molecular flexibility index (Phi) is 5.97. The average molecular weight is 456 g/mol. The molecule has 0 bridgehead atoms. The molecule has 172 valence electrons. The van der Waals surface area contributed by atoms with Gasteiger partial charge in [0.1, 0.15) is 0 Å². The maximum Gasteiger partial charge on any atom is 0.254 e. The second-order valence-corrected chi connectivity index (χ2v) is 8.06. The van der Waals surface area contributed by atoms with E-state index in [1.165, 1.54) is 7.11 Å². The van der Waals surface area contributed by atoms with Gasteiger partial charge in [0.15, 0.2) is 17.1 Å². The zero-order valence-electron chi connectivity index (χ0n) is 18.8. The number of carbonyl (C=O) groups is 1. The van der Waals surface area contributed by atoms with Crippen LogP contribution < -0.4 is 10.1 Å². The zero-order valence-corrected chi connectivity index (χ0v) is 18.8. The number of rotatable bonds is 5. The highest BCUT2D eigenvalue weighted by atomic mass is 16.5. The Hall–Kier alpha value is -4.17. The first-order valence-electron chi connectivity index (χ1n) is 11.1. The average Bonchev–Trinajstić information content (AvgIpc) is 3.31. The number of phenols is 1. The number of nitrogens with zero attached hydrogens (tertiary/aromatic N) is 3. The van der Waals surface area contributed by atoms with Crippen LogP contribution in [0.2, 0.25) is 0 Å². The van der Waals surface area contributed by atoms with Gasteiger partial charge in [0.05, 0.1) is 29.4 Å². The second kappa shape index (κ2) is 9.36. The molecule has 8 heteroatoms. The van der Waals surface area contributed by atoms with E-state index in [-0.39, 0.29) is 11.7 Å². The van der Waals surface area contributed by atoms with Crippen molar-refractivity contribution in [2.45, 2.75) is 0 Å². The highest BCUT2D eigenvalue weighted by molar-refractivity contribution is 6.09. The molecule has 34 heavy (non-hydrogen) atoms. The minimum atomic E-state index is -0.0587. The third-order valence-electron chi connectivity index (χ3n) is 5.90. The Morgan fingerprint density at radius 3 is 2.65 bits per heavy atom. The maximum absolute atomic E-state index is 13.6. The Morgan fingerprint density at radius 1 is 1.09 bits per heavy atom. The Morgan fingerprint density at radius 2 is 1.88 bits per heavy atom. The van der Waals surface area contributed by atoms with Gasteiger partial charge in [0.25, 0.3) is 5.91 Å². The summed E-state index contributed by atoms with van der Waals surface area (Å²) in [6, 6.07) is 16.7. The molecule has 2 aromatic heterocycles. The number of amides is 1. The highest BCUT2D eigenvalue weighted by Crippen LogP contribution is 2.33. The molecule has 4 aromatic rings. The lowest BCUT2D eigenvalue weighted by molar-refractivity contribution is 0.0737. The Labute approximate surface area is 196 Å². The maximum atomic E-state index is 13.6. The molecule has 1 aliphatic heterocycles. The van der Waals surface area contributed by atoms with Crippen molar-refractivity contribution in [1.29, 1.82) is 0 Å². The summed E-state index contributed by atoms with van der Waals surface area (Å²) >= 11 is 0. The van der Waals surface area contributed by atoms with E-state index in [2.05, 4.69) is 15.5 Å². The lowest BCUT2D eigenvalue weighted by Gasteiger charge is -2.27. The highest BCUT2D eigenvalue weighted by Gasteiger charge is 2.24. The molecule has 1 saturated heterocycles. The second-order valence-electron chi connectivity index (χ2n) is 8.06. The van der Waals surface area contributed by atoms with Crippen LogP contribution in [-0.2, 0) is 0 Å². The molecule has 0 spiro atoms. The van der Waals surface area contributed by atoms with Crippen molar-refractivity contribution in [3.05, 3.63) is 71.4 Å². The van der Waals surface area contributed by atoms with Gasteiger partial charge >= 0.3 is 0 Å². The molecule has 8 nitrogen and oxygen atoms in total. The van der Waals surface area contributed by atoms with Crippen LogP contribution in [0.1, 0.15) is 21.6 Å². The predicted molar refractivity (Wildman–Crippen MR) is 132 cm³/mol. The summed E-state index contributed by atoms with van der Waals surface area (Å²) in [6.45, 7) is 2.79. The van der Waals surface area contributed by atoms with E-state index in [9.17, 15) is 9.90 Å². The summed E-state index contributed by atoms with van der Waals surface area (Å²) in [6.07, 6.45) is 3.86. The molecular weight excluding hydrogens is 430 g/mol. The number of pyridine rings is 1. The molecule has 0 radical (unpaired) electrons. The number of nitrogens with one attached hydrogen (secondary N) is 2. The van der Waals surface area contributed by atoms with Crippen molar-refractivity contribution >= 4 is 29.1 Å². The van der Waals surface area contributed by atoms with Crippen molar-refractivity contribution in [1.82, 2.24) is 25.4 Å². The lowest BCUT2D eigenvalue weighted by atomic mass is 10.0. The number of carbonyl (C=O) groups excluding carboxylic acids is 1. The van der Waals surface area contributed by atoms with E-state index in [1.54, 1.807) is 24.3 Å². The van der Waals surface area contributed by atoms with E-state index in [0.717, 1.165) is 24.2 Å². The number of piperazine rings is 1. The molecule has 0 unspecified atom stereocenters. The standard InChI is InChI=1S/C26H25N5O3/c1-34-23-15-18(8-10-22(23)32)21-16-19(26(33)31-13-11-27-12-14-31)24-20(29-30-25(24)28-21)9-7-17-5-3-2-4-6-17/h2-10,15-16,27,32H,11-14H2,1H3,(H,28,29,30)/b9-7+. The topological polar surface area (TPSA) is 103 Å². The number of phenolic OH excluding ortho intramolecular Hbond substituents is 1. The number of aromatic nitrogens is 3. The molecule has 3 heterocycles. The lowest BCUT2D eigenvalue weighted by Crippen LogP contribution is -2.46. The molecule has 1 aliphatic rings. The number of hydrogen-bond acceptors (Lipinski definition) is 6. The summed E-state index contributed by atoms with van der Waals surface area (Å²) < 4.78 is 5.26. The van der Waals surface area contributed by atoms with Crippen molar-refractivity contribution < 1.29 is 14.6 Å². The Bertz CT molecular complexity index is 1360. The third kappa shape index (κ3) is 4.23. The number of aromatic amines is 1. The van der Waals surface area contributed by atoms with Gasteiger partial charge in [-0.3, -0.25) is 9.89 Å². The first kappa shape index (κ1) is 21.7. The zero-order chi connectivity index (χ0) is 23.5. The number of hydrogen-bond donors (Lipinski definition) is 3. The molecule has 0 aliphatic carbocycles. The van der Waals surface area contributed by atoms with Gasteiger partial charge in [-0.2, -0.15) is 5.10 Å². The molecule has 2 aromatic carbocycles. The van der Waals surface area contributed by atoms with Crippen LogP contribution in [0.15, 0.2) is 54.6 Å². The minimum absolute atomic E-state index is 0.0410. The number of methoxy groups -OCH3 is 1. The number of ether oxygens (including phenoxy) is 1. The van der Waals surface area contributed by atoms with Gasteiger partial charge in [-0.1, -0.05) is 36.4 Å². The van der Waals surface area contributed by atoms with Gasteiger partial charge < -0.3 is 20.1 Å². The summed E-state index contributed by atoms with van der Waals surface area (Å²) in [5, 5.41) is 21.4. The van der Waals surface area contributed by atoms with Gasteiger partial charge in [-0.15, -0.1) is 0 Å². The largest absolute Gasteiger partial charge is 0.504 e. The molecular formula is C26H25N5O3. The minimum Gasteiger partial charge on any atom is -0.504 e.